The highest BCUT2D eigenvalue weighted by Crippen LogP contribution is 2.48. The minimum absolute atomic E-state index is 0.0498. The second kappa shape index (κ2) is 6.60. The monoisotopic (exact) mass is 376 g/mol. The lowest BCUT2D eigenvalue weighted by Gasteiger charge is -2.33. The first-order valence-corrected chi connectivity index (χ1v) is 9.31. The number of hydrogen-bond acceptors (Lipinski definition) is 5. The third-order valence-electron chi connectivity index (χ3n) is 4.77. The van der Waals surface area contributed by atoms with E-state index in [1.54, 1.807) is 19.3 Å². The van der Waals surface area contributed by atoms with Crippen molar-refractivity contribution in [3.63, 3.8) is 0 Å². The molecule has 1 aliphatic rings. The lowest BCUT2D eigenvalue weighted by Crippen LogP contribution is -2.27. The Bertz CT molecular complexity index is 1010. The van der Waals surface area contributed by atoms with Crippen LogP contribution >= 0.6 is 0 Å². The molecule has 144 valence electrons. The zero-order chi connectivity index (χ0) is 19.9. The number of fused-ring (bicyclic) bond motifs is 2. The van der Waals surface area contributed by atoms with Crippen LogP contribution in [0.15, 0.2) is 55.1 Å². The first-order valence-electron chi connectivity index (χ1n) is 9.31. The molecular formula is C23H24N2O3. The van der Waals surface area contributed by atoms with E-state index in [-0.39, 0.29) is 5.41 Å². The number of aliphatic hydroxyl groups is 1. The molecule has 1 unspecified atom stereocenters. The Morgan fingerprint density at radius 3 is 2.29 bits per heavy atom. The Labute approximate surface area is 165 Å². The van der Waals surface area contributed by atoms with Gasteiger partial charge in [-0.2, -0.15) is 0 Å². The summed E-state index contributed by atoms with van der Waals surface area (Å²) < 4.78 is 12.0. The van der Waals surface area contributed by atoms with E-state index < -0.39 is 5.60 Å². The number of ether oxygens (including phenoxy) is 2. The number of benzene rings is 2. The fraction of sp³-hybridized carbons (Fsp3) is 0.304. The zero-order valence-electron chi connectivity index (χ0n) is 16.6. The molecule has 0 saturated carbocycles. The van der Waals surface area contributed by atoms with Crippen molar-refractivity contribution in [3.05, 3.63) is 66.2 Å². The summed E-state index contributed by atoms with van der Waals surface area (Å²) >= 11 is 0. The highest BCUT2D eigenvalue weighted by Gasteiger charge is 2.37. The first kappa shape index (κ1) is 18.4. The minimum atomic E-state index is -1.21. The summed E-state index contributed by atoms with van der Waals surface area (Å²) in [6.45, 7) is 8.73. The van der Waals surface area contributed by atoms with Gasteiger partial charge in [0, 0.05) is 29.1 Å². The van der Waals surface area contributed by atoms with Crippen LogP contribution in [0.4, 0.5) is 0 Å². The molecule has 2 heterocycles. The lowest BCUT2D eigenvalue weighted by atomic mass is 9.83. The van der Waals surface area contributed by atoms with E-state index in [0.29, 0.717) is 35.0 Å². The van der Waals surface area contributed by atoms with Gasteiger partial charge in [0.25, 0.3) is 0 Å². The van der Waals surface area contributed by atoms with E-state index in [1.807, 2.05) is 36.4 Å². The van der Waals surface area contributed by atoms with E-state index >= 15 is 0 Å². The standard InChI is InChI=1S/C23H24N2O3/c1-22(2,3)13-27-17-6-8-21-19(10-17)23(4,26)18-9-15(5-7-20(18)28-21)16-11-24-14-25-12-16/h5-12,14,26H,13H2,1-4H3. The molecule has 0 aliphatic carbocycles. The summed E-state index contributed by atoms with van der Waals surface area (Å²) in [5.41, 5.74) is 2.03. The summed E-state index contributed by atoms with van der Waals surface area (Å²) in [5.74, 6) is 1.99. The maximum Gasteiger partial charge on any atom is 0.134 e. The molecule has 0 saturated heterocycles. The second-order valence-corrected chi connectivity index (χ2v) is 8.52. The topological polar surface area (TPSA) is 64.5 Å². The van der Waals surface area contributed by atoms with Gasteiger partial charge in [0.2, 0.25) is 0 Å². The summed E-state index contributed by atoms with van der Waals surface area (Å²) in [6, 6.07) is 11.3. The van der Waals surface area contributed by atoms with Crippen LogP contribution in [0, 0.1) is 5.41 Å². The SMILES string of the molecule is CC(C)(C)COc1ccc2c(c1)C(C)(O)c1cc(-c3cncnc3)ccc1O2. The summed E-state index contributed by atoms with van der Waals surface area (Å²) in [7, 11) is 0. The van der Waals surface area contributed by atoms with E-state index in [4.69, 9.17) is 9.47 Å². The van der Waals surface area contributed by atoms with Crippen LogP contribution in [-0.4, -0.2) is 21.7 Å². The van der Waals surface area contributed by atoms with Gasteiger partial charge >= 0.3 is 0 Å². The highest BCUT2D eigenvalue weighted by molar-refractivity contribution is 5.67. The average Bonchev–Trinajstić information content (AvgIpc) is 2.67. The Morgan fingerprint density at radius 1 is 0.964 bits per heavy atom. The molecule has 0 bridgehead atoms. The Kier molecular flexibility index (Phi) is 4.35. The molecule has 1 N–H and O–H groups in total. The molecule has 5 heteroatoms. The van der Waals surface area contributed by atoms with Crippen molar-refractivity contribution in [2.75, 3.05) is 6.61 Å². The van der Waals surface area contributed by atoms with Gasteiger partial charge in [-0.15, -0.1) is 0 Å². The van der Waals surface area contributed by atoms with Gasteiger partial charge in [-0.3, -0.25) is 0 Å². The predicted molar refractivity (Wildman–Crippen MR) is 108 cm³/mol. The molecule has 1 atom stereocenters. The fourth-order valence-corrected chi connectivity index (χ4v) is 3.26. The minimum Gasteiger partial charge on any atom is -0.493 e. The van der Waals surface area contributed by atoms with Crippen molar-refractivity contribution >= 4 is 0 Å². The molecule has 3 aromatic rings. The fourth-order valence-electron chi connectivity index (χ4n) is 3.26. The molecule has 4 rings (SSSR count). The van der Waals surface area contributed by atoms with Gasteiger partial charge in [-0.25, -0.2) is 9.97 Å². The van der Waals surface area contributed by atoms with Crippen molar-refractivity contribution < 1.29 is 14.6 Å². The van der Waals surface area contributed by atoms with Gasteiger partial charge < -0.3 is 14.6 Å². The molecule has 0 amide bonds. The normalized spacial score (nSPS) is 18.0. The van der Waals surface area contributed by atoms with Crippen molar-refractivity contribution in [3.8, 4) is 28.4 Å². The molecule has 1 aromatic heterocycles. The van der Waals surface area contributed by atoms with Gasteiger partial charge in [-0.05, 0) is 48.2 Å². The van der Waals surface area contributed by atoms with E-state index in [1.165, 1.54) is 6.33 Å². The molecule has 2 aromatic carbocycles. The first-order chi connectivity index (χ1) is 13.2. The third-order valence-corrected chi connectivity index (χ3v) is 4.77. The molecule has 0 fully saturated rings. The Balaban J connectivity index is 1.72. The number of aromatic nitrogens is 2. The van der Waals surface area contributed by atoms with Crippen molar-refractivity contribution in [1.29, 1.82) is 0 Å². The maximum absolute atomic E-state index is 11.4. The van der Waals surface area contributed by atoms with Gasteiger partial charge in [-0.1, -0.05) is 26.8 Å². The largest absolute Gasteiger partial charge is 0.493 e. The van der Waals surface area contributed by atoms with Crippen molar-refractivity contribution in [2.45, 2.75) is 33.3 Å². The summed E-state index contributed by atoms with van der Waals surface area (Å²) in [4.78, 5) is 8.15. The van der Waals surface area contributed by atoms with Crippen LogP contribution in [0.25, 0.3) is 11.1 Å². The molecule has 0 radical (unpaired) electrons. The van der Waals surface area contributed by atoms with Crippen LogP contribution in [-0.2, 0) is 5.60 Å². The summed E-state index contributed by atoms with van der Waals surface area (Å²) in [6.07, 6.45) is 5.00. The Morgan fingerprint density at radius 2 is 1.61 bits per heavy atom. The highest BCUT2D eigenvalue weighted by atomic mass is 16.5. The number of nitrogens with zero attached hydrogens (tertiary/aromatic N) is 2. The second-order valence-electron chi connectivity index (χ2n) is 8.52. The number of rotatable bonds is 3. The number of hydrogen-bond donors (Lipinski definition) is 1. The van der Waals surface area contributed by atoms with Crippen LogP contribution in [0.2, 0.25) is 0 Å². The van der Waals surface area contributed by atoms with Crippen LogP contribution in [0.3, 0.4) is 0 Å². The van der Waals surface area contributed by atoms with E-state index in [9.17, 15) is 5.11 Å². The zero-order valence-corrected chi connectivity index (χ0v) is 16.6. The van der Waals surface area contributed by atoms with Crippen molar-refractivity contribution in [1.82, 2.24) is 9.97 Å². The van der Waals surface area contributed by atoms with Crippen LogP contribution in [0.5, 0.6) is 17.2 Å². The van der Waals surface area contributed by atoms with Gasteiger partial charge in [0.1, 0.15) is 29.2 Å². The van der Waals surface area contributed by atoms with E-state index in [0.717, 1.165) is 11.1 Å². The average molecular weight is 376 g/mol. The molecule has 0 spiro atoms. The van der Waals surface area contributed by atoms with E-state index in [2.05, 4.69) is 30.7 Å². The summed E-state index contributed by atoms with van der Waals surface area (Å²) in [5, 5.41) is 11.4. The predicted octanol–water partition coefficient (Wildman–Crippen LogP) is 4.93. The van der Waals surface area contributed by atoms with Crippen LogP contribution < -0.4 is 9.47 Å². The smallest absolute Gasteiger partial charge is 0.134 e. The maximum atomic E-state index is 11.4. The molecule has 1 aliphatic heterocycles. The van der Waals surface area contributed by atoms with Gasteiger partial charge in [0.05, 0.1) is 6.61 Å². The molecular weight excluding hydrogens is 352 g/mol. The van der Waals surface area contributed by atoms with Crippen molar-refractivity contribution in [2.24, 2.45) is 5.41 Å². The molecule has 28 heavy (non-hydrogen) atoms. The lowest BCUT2D eigenvalue weighted by molar-refractivity contribution is 0.0894. The Hall–Kier alpha value is -2.92. The molecule has 5 nitrogen and oxygen atoms in total. The van der Waals surface area contributed by atoms with Gasteiger partial charge in [0.15, 0.2) is 0 Å². The van der Waals surface area contributed by atoms with Crippen LogP contribution in [0.1, 0.15) is 38.8 Å². The third kappa shape index (κ3) is 3.45. The quantitative estimate of drug-likeness (QED) is 0.702.